The number of ether oxygens (including phenoxy) is 3. The third kappa shape index (κ3) is 3.76. The summed E-state index contributed by atoms with van der Waals surface area (Å²) in [5.41, 5.74) is 1.82. The van der Waals surface area contributed by atoms with Gasteiger partial charge in [-0.25, -0.2) is 4.79 Å². The van der Waals surface area contributed by atoms with E-state index >= 15 is 0 Å². The number of methoxy groups -OCH3 is 3. The highest BCUT2D eigenvalue weighted by Gasteiger charge is 2.21. The monoisotopic (exact) mass is 379 g/mol. The number of carbonyl (C=O) groups excluding carboxylic acids is 1. The van der Waals surface area contributed by atoms with Crippen molar-refractivity contribution < 1.29 is 23.8 Å². The molecule has 0 amide bonds. The number of nitrogens with zero attached hydrogens (tertiary/aromatic N) is 1. The lowest BCUT2D eigenvalue weighted by atomic mass is 9.98. The zero-order valence-electron chi connectivity index (χ0n) is 16.2. The molecule has 0 aromatic heterocycles. The minimum atomic E-state index is -0.516. The molecule has 0 aliphatic carbocycles. The smallest absolute Gasteiger partial charge is 0.332 e. The fourth-order valence-electron chi connectivity index (χ4n) is 2.99. The molecule has 0 unspecified atom stereocenters. The number of rotatable bonds is 6. The summed E-state index contributed by atoms with van der Waals surface area (Å²) in [5.74, 6) is 0.867. The molecule has 3 rings (SSSR count). The van der Waals surface area contributed by atoms with E-state index in [0.717, 1.165) is 16.3 Å². The van der Waals surface area contributed by atoms with Crippen LogP contribution in [0.2, 0.25) is 0 Å². The standard InChI is InChI=1S/C22H21NO5/c1-14(24)28-23-20(17-10-9-15-7-5-6-8-16(15)13-17)18-11-12-19(25-2)22(27-4)21(18)26-3/h5-13H,1-4H3/b23-20-. The molecule has 0 fully saturated rings. The first-order valence-electron chi connectivity index (χ1n) is 8.63. The van der Waals surface area contributed by atoms with Gasteiger partial charge in [-0.15, -0.1) is 0 Å². The van der Waals surface area contributed by atoms with Crippen LogP contribution in [-0.4, -0.2) is 33.0 Å². The van der Waals surface area contributed by atoms with Crippen LogP contribution < -0.4 is 14.2 Å². The molecule has 0 atom stereocenters. The predicted octanol–water partition coefficient (Wildman–Crippen LogP) is 4.18. The molecular formula is C22H21NO5. The third-order valence-electron chi connectivity index (χ3n) is 4.25. The van der Waals surface area contributed by atoms with Crippen LogP contribution in [0.5, 0.6) is 17.2 Å². The topological polar surface area (TPSA) is 66.4 Å². The van der Waals surface area contributed by atoms with Crippen molar-refractivity contribution in [2.24, 2.45) is 5.16 Å². The van der Waals surface area contributed by atoms with Crippen LogP contribution in [0.3, 0.4) is 0 Å². The van der Waals surface area contributed by atoms with E-state index in [1.54, 1.807) is 19.2 Å². The van der Waals surface area contributed by atoms with Gasteiger partial charge in [0.15, 0.2) is 11.5 Å². The maximum Gasteiger partial charge on any atom is 0.332 e. The van der Waals surface area contributed by atoms with Gasteiger partial charge in [0.2, 0.25) is 5.75 Å². The Hall–Kier alpha value is -3.54. The van der Waals surface area contributed by atoms with Crippen molar-refractivity contribution in [2.45, 2.75) is 6.92 Å². The highest BCUT2D eigenvalue weighted by molar-refractivity contribution is 6.16. The Morgan fingerprint density at radius 2 is 1.54 bits per heavy atom. The van der Waals surface area contributed by atoms with Crippen molar-refractivity contribution >= 4 is 22.5 Å². The van der Waals surface area contributed by atoms with E-state index in [1.165, 1.54) is 21.1 Å². The third-order valence-corrected chi connectivity index (χ3v) is 4.25. The molecular weight excluding hydrogens is 358 g/mol. The molecule has 0 spiro atoms. The first-order valence-corrected chi connectivity index (χ1v) is 8.63. The fraction of sp³-hybridized carbons (Fsp3) is 0.182. The molecule has 0 aliphatic rings. The first kappa shape index (κ1) is 19.2. The summed E-state index contributed by atoms with van der Waals surface area (Å²) < 4.78 is 16.4. The van der Waals surface area contributed by atoms with Crippen LogP contribution in [0.4, 0.5) is 0 Å². The Labute approximate surface area is 163 Å². The Bertz CT molecular complexity index is 1040. The highest BCUT2D eigenvalue weighted by Crippen LogP contribution is 2.40. The molecule has 0 radical (unpaired) electrons. The van der Waals surface area contributed by atoms with E-state index in [9.17, 15) is 4.79 Å². The van der Waals surface area contributed by atoms with Gasteiger partial charge in [0.1, 0.15) is 5.71 Å². The number of benzene rings is 3. The molecule has 0 saturated carbocycles. The zero-order chi connectivity index (χ0) is 20.1. The Kier molecular flexibility index (Phi) is 5.79. The lowest BCUT2D eigenvalue weighted by Crippen LogP contribution is -2.09. The second kappa shape index (κ2) is 8.43. The van der Waals surface area contributed by atoms with E-state index < -0.39 is 5.97 Å². The normalized spacial score (nSPS) is 11.2. The molecule has 6 nitrogen and oxygen atoms in total. The van der Waals surface area contributed by atoms with Crippen molar-refractivity contribution in [3.05, 3.63) is 65.7 Å². The zero-order valence-corrected chi connectivity index (χ0v) is 16.2. The second-order valence-electron chi connectivity index (χ2n) is 5.97. The summed E-state index contributed by atoms with van der Waals surface area (Å²) >= 11 is 0. The largest absolute Gasteiger partial charge is 0.493 e. The summed E-state index contributed by atoms with van der Waals surface area (Å²) in [6, 6.07) is 17.4. The summed E-state index contributed by atoms with van der Waals surface area (Å²) in [4.78, 5) is 16.4. The molecule has 0 N–H and O–H groups in total. The summed E-state index contributed by atoms with van der Waals surface area (Å²) in [6.07, 6.45) is 0. The van der Waals surface area contributed by atoms with Crippen molar-refractivity contribution in [3.8, 4) is 17.2 Å². The minimum Gasteiger partial charge on any atom is -0.493 e. The van der Waals surface area contributed by atoms with Crippen molar-refractivity contribution in [1.82, 2.24) is 0 Å². The van der Waals surface area contributed by atoms with E-state index in [4.69, 9.17) is 19.0 Å². The maximum atomic E-state index is 11.4. The highest BCUT2D eigenvalue weighted by atomic mass is 16.7. The maximum absolute atomic E-state index is 11.4. The van der Waals surface area contributed by atoms with Crippen LogP contribution in [0.15, 0.2) is 59.8 Å². The quantitative estimate of drug-likeness (QED) is 0.365. The number of oxime groups is 1. The molecule has 0 bridgehead atoms. The van der Waals surface area contributed by atoms with Gasteiger partial charge < -0.3 is 19.0 Å². The van der Waals surface area contributed by atoms with Crippen molar-refractivity contribution in [3.63, 3.8) is 0 Å². The molecule has 0 saturated heterocycles. The Morgan fingerprint density at radius 3 is 2.18 bits per heavy atom. The Balaban J connectivity index is 2.23. The number of fused-ring (bicyclic) bond motifs is 1. The summed E-state index contributed by atoms with van der Waals surface area (Å²) in [7, 11) is 4.61. The molecule has 6 heteroatoms. The van der Waals surface area contributed by atoms with Gasteiger partial charge in [0.05, 0.1) is 26.9 Å². The van der Waals surface area contributed by atoms with Crippen LogP contribution >= 0.6 is 0 Å². The molecule has 0 heterocycles. The van der Waals surface area contributed by atoms with Gasteiger partial charge in [-0.2, -0.15) is 0 Å². The van der Waals surface area contributed by atoms with Gasteiger partial charge in [0, 0.05) is 12.5 Å². The molecule has 3 aromatic carbocycles. The van der Waals surface area contributed by atoms with E-state index in [2.05, 4.69) is 5.16 Å². The molecule has 3 aromatic rings. The summed E-state index contributed by atoms with van der Waals surface area (Å²) in [6.45, 7) is 1.30. The first-order chi connectivity index (χ1) is 13.6. The van der Waals surface area contributed by atoms with E-state index in [0.29, 0.717) is 28.5 Å². The van der Waals surface area contributed by atoms with Gasteiger partial charge in [-0.3, -0.25) is 0 Å². The van der Waals surface area contributed by atoms with Crippen molar-refractivity contribution in [1.29, 1.82) is 0 Å². The Morgan fingerprint density at radius 1 is 0.821 bits per heavy atom. The van der Waals surface area contributed by atoms with Crippen molar-refractivity contribution in [2.75, 3.05) is 21.3 Å². The minimum absolute atomic E-state index is 0.429. The number of hydrogen-bond donors (Lipinski definition) is 0. The van der Waals surface area contributed by atoms with Crippen LogP contribution in [0.1, 0.15) is 18.1 Å². The molecule has 28 heavy (non-hydrogen) atoms. The second-order valence-corrected chi connectivity index (χ2v) is 5.97. The van der Waals surface area contributed by atoms with Crippen LogP contribution in [-0.2, 0) is 9.63 Å². The van der Waals surface area contributed by atoms with Crippen LogP contribution in [0.25, 0.3) is 10.8 Å². The lowest BCUT2D eigenvalue weighted by Gasteiger charge is -2.17. The van der Waals surface area contributed by atoms with Gasteiger partial charge in [-0.1, -0.05) is 41.6 Å². The number of carbonyl (C=O) groups is 1. The van der Waals surface area contributed by atoms with E-state index in [-0.39, 0.29) is 0 Å². The number of hydrogen-bond acceptors (Lipinski definition) is 6. The summed E-state index contributed by atoms with van der Waals surface area (Å²) in [5, 5.41) is 6.23. The van der Waals surface area contributed by atoms with Crippen LogP contribution in [0, 0.1) is 0 Å². The average molecular weight is 379 g/mol. The fourth-order valence-corrected chi connectivity index (χ4v) is 2.99. The van der Waals surface area contributed by atoms with E-state index in [1.807, 2.05) is 42.5 Å². The average Bonchev–Trinajstić information content (AvgIpc) is 2.72. The van der Waals surface area contributed by atoms with Gasteiger partial charge >= 0.3 is 5.97 Å². The van der Waals surface area contributed by atoms with Gasteiger partial charge in [0.25, 0.3) is 0 Å². The van der Waals surface area contributed by atoms with Gasteiger partial charge in [-0.05, 0) is 29.0 Å². The SMILES string of the molecule is COc1ccc(/C(=N\OC(C)=O)c2ccc3ccccc3c2)c(OC)c1OC. The molecule has 144 valence electrons. The molecule has 0 aliphatic heterocycles. The predicted molar refractivity (Wildman–Crippen MR) is 107 cm³/mol. The lowest BCUT2D eigenvalue weighted by molar-refractivity contribution is -0.140.